The largest absolute Gasteiger partial charge is 0.319 e. The van der Waals surface area contributed by atoms with Gasteiger partial charge in [-0.1, -0.05) is 44.3 Å². The second kappa shape index (κ2) is 6.79. The van der Waals surface area contributed by atoms with Crippen LogP contribution in [0.25, 0.3) is 0 Å². The smallest absolute Gasteiger partial charge is 0.261 e. The van der Waals surface area contributed by atoms with Crippen LogP contribution < -0.4 is 5.32 Å². The summed E-state index contributed by atoms with van der Waals surface area (Å²) in [5.74, 6) is -1.10. The Balaban J connectivity index is 0.000000847. The Morgan fingerprint density at radius 1 is 1.18 bits per heavy atom. The summed E-state index contributed by atoms with van der Waals surface area (Å²) < 4.78 is 0. The van der Waals surface area contributed by atoms with Crippen molar-refractivity contribution in [1.29, 1.82) is 0 Å². The molecule has 1 aromatic carbocycles. The molecule has 2 heterocycles. The topological polar surface area (TPSA) is 66.5 Å². The molecule has 1 aromatic rings. The van der Waals surface area contributed by atoms with Crippen LogP contribution in [0.4, 0.5) is 0 Å². The molecule has 0 aromatic heterocycles. The van der Waals surface area contributed by atoms with Crippen molar-refractivity contribution < 1.29 is 14.4 Å². The summed E-state index contributed by atoms with van der Waals surface area (Å²) in [6.45, 7) is 4.00. The lowest BCUT2D eigenvalue weighted by Gasteiger charge is -2.35. The van der Waals surface area contributed by atoms with Crippen LogP contribution in [0.5, 0.6) is 0 Å². The molecule has 6 heteroatoms. The minimum absolute atomic E-state index is 0.149. The first-order valence-corrected chi connectivity index (χ1v) is 7.77. The number of fused-ring (bicyclic) bond motifs is 1. The molecular weight excluding hydrogens is 300 g/mol. The van der Waals surface area contributed by atoms with Gasteiger partial charge in [0.25, 0.3) is 5.91 Å². The summed E-state index contributed by atoms with van der Waals surface area (Å²) in [5.41, 5.74) is 1.21. The lowest BCUT2D eigenvalue weighted by atomic mass is 9.95. The van der Waals surface area contributed by atoms with Crippen LogP contribution in [0, 0.1) is 0 Å². The normalized spacial score (nSPS) is 20.8. The van der Waals surface area contributed by atoms with E-state index in [1.165, 1.54) is 0 Å². The Bertz CT molecular complexity index is 642. The predicted molar refractivity (Wildman–Crippen MR) is 86.4 cm³/mol. The quantitative estimate of drug-likeness (QED) is 0.634. The van der Waals surface area contributed by atoms with Crippen molar-refractivity contribution in [2.24, 2.45) is 0 Å². The van der Waals surface area contributed by atoms with E-state index in [0.717, 1.165) is 4.90 Å². The van der Waals surface area contributed by atoms with E-state index in [-0.39, 0.29) is 18.2 Å². The zero-order valence-electron chi connectivity index (χ0n) is 12.6. The van der Waals surface area contributed by atoms with Gasteiger partial charge < -0.3 is 5.32 Å². The third-order valence-electron chi connectivity index (χ3n) is 3.60. The number of nitrogens with zero attached hydrogens (tertiary/aromatic N) is 1. The van der Waals surface area contributed by atoms with Gasteiger partial charge in [-0.15, -0.1) is 0 Å². The van der Waals surface area contributed by atoms with Gasteiger partial charge in [0.15, 0.2) is 0 Å². The Morgan fingerprint density at radius 3 is 2.55 bits per heavy atom. The second-order valence-electron chi connectivity index (χ2n) is 4.87. The molecule has 3 amide bonds. The summed E-state index contributed by atoms with van der Waals surface area (Å²) in [4.78, 5) is 38.1. The molecule has 116 valence electrons. The SMILES string of the molecule is CC.O=C1NC(=S)CCC1N1C(=O)Cc2ccccc2C1=O. The molecule has 0 aliphatic carbocycles. The Hall–Kier alpha value is -2.08. The number of piperidine rings is 1. The number of benzene rings is 1. The zero-order chi connectivity index (χ0) is 16.3. The van der Waals surface area contributed by atoms with Gasteiger partial charge in [0.1, 0.15) is 6.04 Å². The summed E-state index contributed by atoms with van der Waals surface area (Å²) in [7, 11) is 0. The van der Waals surface area contributed by atoms with Gasteiger partial charge in [-0.3, -0.25) is 19.3 Å². The van der Waals surface area contributed by atoms with Crippen molar-refractivity contribution in [3.05, 3.63) is 35.4 Å². The van der Waals surface area contributed by atoms with Gasteiger partial charge in [0, 0.05) is 12.0 Å². The molecule has 0 spiro atoms. The monoisotopic (exact) mass is 318 g/mol. The maximum Gasteiger partial charge on any atom is 0.261 e. The first-order chi connectivity index (χ1) is 10.6. The fourth-order valence-corrected chi connectivity index (χ4v) is 2.84. The van der Waals surface area contributed by atoms with Crippen LogP contribution in [0.15, 0.2) is 24.3 Å². The Morgan fingerprint density at radius 2 is 1.86 bits per heavy atom. The van der Waals surface area contributed by atoms with Crippen LogP contribution in [-0.4, -0.2) is 33.7 Å². The highest BCUT2D eigenvalue weighted by molar-refractivity contribution is 7.80. The second-order valence-corrected chi connectivity index (χ2v) is 5.36. The predicted octanol–water partition coefficient (Wildman–Crippen LogP) is 1.84. The third kappa shape index (κ3) is 2.92. The van der Waals surface area contributed by atoms with Crippen LogP contribution in [0.2, 0.25) is 0 Å². The number of amides is 3. The van der Waals surface area contributed by atoms with Gasteiger partial charge in [-0.2, -0.15) is 0 Å². The summed E-state index contributed by atoms with van der Waals surface area (Å²) in [6.07, 6.45) is 1.05. The van der Waals surface area contributed by atoms with Crippen LogP contribution in [0.1, 0.15) is 42.6 Å². The van der Waals surface area contributed by atoms with Gasteiger partial charge >= 0.3 is 0 Å². The maximum atomic E-state index is 12.4. The molecule has 0 saturated carbocycles. The van der Waals surface area contributed by atoms with E-state index >= 15 is 0 Å². The van der Waals surface area contributed by atoms with Crippen molar-refractivity contribution in [2.45, 2.75) is 39.2 Å². The standard InChI is InChI=1S/C14H12N2O3S.C2H6/c17-12-7-8-3-1-2-4-9(8)14(19)16(12)10-5-6-11(20)15-13(10)18;1-2/h1-4,10H,5-7H2,(H,15,18,20);1-2H3. The van der Waals surface area contributed by atoms with Crippen molar-refractivity contribution in [1.82, 2.24) is 10.2 Å². The van der Waals surface area contributed by atoms with Crippen LogP contribution in [-0.2, 0) is 16.0 Å². The first kappa shape index (κ1) is 16.3. The average Bonchev–Trinajstić information content (AvgIpc) is 2.51. The number of hydrogen-bond acceptors (Lipinski definition) is 4. The maximum absolute atomic E-state index is 12.4. The number of rotatable bonds is 1. The number of thiocarbonyl (C=S) groups is 1. The Kier molecular flexibility index (Phi) is 5.03. The third-order valence-corrected chi connectivity index (χ3v) is 3.90. The van der Waals surface area contributed by atoms with E-state index in [9.17, 15) is 14.4 Å². The molecule has 1 N–H and O–H groups in total. The highest BCUT2D eigenvalue weighted by Gasteiger charge is 2.40. The minimum atomic E-state index is -0.755. The molecular formula is C16H18N2O3S. The summed E-state index contributed by atoms with van der Waals surface area (Å²) in [6, 6.07) is 6.23. The highest BCUT2D eigenvalue weighted by Crippen LogP contribution is 2.24. The highest BCUT2D eigenvalue weighted by atomic mass is 32.1. The molecule has 2 aliphatic heterocycles. The van der Waals surface area contributed by atoms with Gasteiger partial charge in [-0.25, -0.2) is 0 Å². The lowest BCUT2D eigenvalue weighted by molar-refractivity contribution is -0.137. The molecule has 2 aliphatic rings. The summed E-state index contributed by atoms with van der Waals surface area (Å²) in [5, 5.41) is 2.54. The van der Waals surface area contributed by atoms with E-state index in [0.29, 0.717) is 29.0 Å². The van der Waals surface area contributed by atoms with Crippen LogP contribution in [0.3, 0.4) is 0 Å². The molecule has 3 rings (SSSR count). The van der Waals surface area contributed by atoms with E-state index in [4.69, 9.17) is 12.2 Å². The Labute approximate surface area is 134 Å². The number of imide groups is 1. The number of nitrogens with one attached hydrogen (secondary N) is 1. The summed E-state index contributed by atoms with van der Waals surface area (Å²) >= 11 is 4.94. The van der Waals surface area contributed by atoms with Crippen molar-refractivity contribution in [3.63, 3.8) is 0 Å². The fourth-order valence-electron chi connectivity index (χ4n) is 2.62. The molecule has 1 atom stereocenters. The van der Waals surface area contributed by atoms with E-state index in [2.05, 4.69) is 5.32 Å². The molecule has 0 radical (unpaired) electrons. The lowest BCUT2D eigenvalue weighted by Crippen LogP contribution is -2.57. The molecule has 1 saturated heterocycles. The fraction of sp³-hybridized carbons (Fsp3) is 0.375. The number of carbonyl (C=O) groups excluding carboxylic acids is 3. The van der Waals surface area contributed by atoms with Crippen LogP contribution >= 0.6 is 12.2 Å². The molecule has 5 nitrogen and oxygen atoms in total. The van der Waals surface area contributed by atoms with Crippen molar-refractivity contribution in [2.75, 3.05) is 0 Å². The molecule has 22 heavy (non-hydrogen) atoms. The molecule has 0 bridgehead atoms. The van der Waals surface area contributed by atoms with Gasteiger partial charge in [-0.05, 0) is 18.1 Å². The van der Waals surface area contributed by atoms with E-state index in [1.54, 1.807) is 24.3 Å². The average molecular weight is 318 g/mol. The molecule has 1 unspecified atom stereocenters. The molecule has 1 fully saturated rings. The van der Waals surface area contributed by atoms with E-state index in [1.807, 2.05) is 13.8 Å². The first-order valence-electron chi connectivity index (χ1n) is 7.36. The minimum Gasteiger partial charge on any atom is -0.319 e. The van der Waals surface area contributed by atoms with Gasteiger partial charge in [0.05, 0.1) is 11.4 Å². The number of hydrogen-bond donors (Lipinski definition) is 1. The van der Waals surface area contributed by atoms with Crippen molar-refractivity contribution in [3.8, 4) is 0 Å². The van der Waals surface area contributed by atoms with E-state index < -0.39 is 11.9 Å². The van der Waals surface area contributed by atoms with Gasteiger partial charge in [0.2, 0.25) is 11.8 Å². The zero-order valence-corrected chi connectivity index (χ0v) is 13.4. The number of carbonyl (C=O) groups is 3. The van der Waals surface area contributed by atoms with Crippen molar-refractivity contribution >= 4 is 34.9 Å².